The normalized spacial score (nSPS) is 12.8. The van der Waals surface area contributed by atoms with E-state index in [4.69, 9.17) is 23.2 Å². The lowest BCUT2D eigenvalue weighted by atomic mass is 10.1. The van der Waals surface area contributed by atoms with E-state index in [0.29, 0.717) is 14.9 Å². The van der Waals surface area contributed by atoms with Crippen molar-refractivity contribution in [1.29, 1.82) is 0 Å². The van der Waals surface area contributed by atoms with Gasteiger partial charge in [-0.3, -0.25) is 9.79 Å². The molecule has 1 unspecified atom stereocenters. The van der Waals surface area contributed by atoms with Gasteiger partial charge in [-0.05, 0) is 24.6 Å². The van der Waals surface area contributed by atoms with E-state index in [2.05, 4.69) is 15.6 Å². The van der Waals surface area contributed by atoms with Gasteiger partial charge in [-0.15, -0.1) is 24.0 Å². The summed E-state index contributed by atoms with van der Waals surface area (Å²) in [6, 6.07) is 4.91. The molecule has 11 heteroatoms. The van der Waals surface area contributed by atoms with Crippen LogP contribution in [0, 0.1) is 0 Å². The fourth-order valence-electron chi connectivity index (χ4n) is 1.92. The molecule has 0 saturated heterocycles. The topological polar surface area (TPSA) is 56.7 Å². The zero-order valence-corrected chi connectivity index (χ0v) is 18.2. The van der Waals surface area contributed by atoms with E-state index in [1.165, 1.54) is 7.05 Å². The lowest BCUT2D eigenvalue weighted by Crippen LogP contribution is -2.46. The minimum atomic E-state index is -4.44. The van der Waals surface area contributed by atoms with Gasteiger partial charge in [0.25, 0.3) is 0 Å². The molecule has 0 fully saturated rings. The molecule has 0 spiro atoms. The number of alkyl halides is 3. The monoisotopic (exact) mass is 526 g/mol. The highest BCUT2D eigenvalue weighted by Crippen LogP contribution is 2.25. The fraction of sp³-hybridized carbons (Fsp3) is 0.467. The van der Waals surface area contributed by atoms with Gasteiger partial charge in [0, 0.05) is 14.1 Å². The number of hydrogen-bond donors (Lipinski definition) is 2. The van der Waals surface area contributed by atoms with Crippen molar-refractivity contribution in [2.75, 3.05) is 27.2 Å². The number of likely N-dealkylation sites (N-methyl/N-ethyl adjacent to an activating group) is 1. The minimum Gasteiger partial charge on any atom is -0.350 e. The van der Waals surface area contributed by atoms with Crippen LogP contribution in [0.2, 0.25) is 10.0 Å². The first-order valence-corrected chi connectivity index (χ1v) is 8.02. The van der Waals surface area contributed by atoms with Gasteiger partial charge in [0.1, 0.15) is 6.54 Å². The molecule has 1 aromatic rings. The second-order valence-corrected chi connectivity index (χ2v) is 6.14. The van der Waals surface area contributed by atoms with Crippen LogP contribution in [0.15, 0.2) is 23.2 Å². The Hall–Kier alpha value is -0.940. The SMILES string of the molecule is CN=C(NCC(=O)N(C)CC(F)(F)F)NC(C)c1ccc(Cl)c(Cl)c1.I. The van der Waals surface area contributed by atoms with Gasteiger partial charge >= 0.3 is 6.18 Å². The number of nitrogens with one attached hydrogen (secondary N) is 2. The van der Waals surface area contributed by atoms with Gasteiger partial charge in [-0.2, -0.15) is 13.2 Å². The number of nitrogens with zero attached hydrogens (tertiary/aromatic N) is 2. The number of hydrogen-bond acceptors (Lipinski definition) is 2. The number of aliphatic imine (C=N–C) groups is 1. The van der Waals surface area contributed by atoms with Crippen LogP contribution in [0.3, 0.4) is 0 Å². The molecule has 5 nitrogen and oxygen atoms in total. The average molecular weight is 527 g/mol. The Bertz CT molecular complexity index is 644. The first-order chi connectivity index (χ1) is 11.5. The summed E-state index contributed by atoms with van der Waals surface area (Å²) in [5.74, 6) is -0.435. The number of carbonyl (C=O) groups excluding carboxylic acids is 1. The number of rotatable bonds is 5. The lowest BCUT2D eigenvalue weighted by molar-refractivity contribution is -0.157. The first-order valence-electron chi connectivity index (χ1n) is 7.26. The van der Waals surface area contributed by atoms with Gasteiger partial charge < -0.3 is 15.5 Å². The van der Waals surface area contributed by atoms with E-state index in [1.54, 1.807) is 18.2 Å². The van der Waals surface area contributed by atoms with Crippen LogP contribution < -0.4 is 10.6 Å². The van der Waals surface area contributed by atoms with Crippen LogP contribution in [0.4, 0.5) is 13.2 Å². The van der Waals surface area contributed by atoms with Crippen molar-refractivity contribution in [3.05, 3.63) is 33.8 Å². The third-order valence-corrected chi connectivity index (χ3v) is 4.01. The maximum Gasteiger partial charge on any atom is 0.406 e. The lowest BCUT2D eigenvalue weighted by Gasteiger charge is -2.21. The largest absolute Gasteiger partial charge is 0.406 e. The quantitative estimate of drug-likeness (QED) is 0.348. The Morgan fingerprint density at radius 2 is 1.92 bits per heavy atom. The summed E-state index contributed by atoms with van der Waals surface area (Å²) >= 11 is 11.8. The molecular weight excluding hydrogens is 507 g/mol. The van der Waals surface area contributed by atoms with Gasteiger partial charge in [0.2, 0.25) is 5.91 Å². The van der Waals surface area contributed by atoms with Gasteiger partial charge in [0.15, 0.2) is 5.96 Å². The second kappa shape index (κ2) is 11.0. The predicted molar refractivity (Wildman–Crippen MR) is 108 cm³/mol. The zero-order valence-electron chi connectivity index (χ0n) is 14.3. The number of benzene rings is 1. The summed E-state index contributed by atoms with van der Waals surface area (Å²) in [6.07, 6.45) is -4.44. The first kappa shape index (κ1) is 25.1. The minimum absolute atomic E-state index is 0. The molecule has 0 aliphatic rings. The molecule has 1 amide bonds. The van der Waals surface area contributed by atoms with Gasteiger partial charge in [-0.1, -0.05) is 29.3 Å². The van der Waals surface area contributed by atoms with E-state index in [-0.39, 0.29) is 42.5 Å². The molecule has 0 bridgehead atoms. The average Bonchev–Trinajstić information content (AvgIpc) is 2.51. The van der Waals surface area contributed by atoms with E-state index < -0.39 is 18.6 Å². The second-order valence-electron chi connectivity index (χ2n) is 5.33. The van der Waals surface area contributed by atoms with Crippen LogP contribution in [-0.4, -0.2) is 50.1 Å². The van der Waals surface area contributed by atoms with Crippen LogP contribution in [0.5, 0.6) is 0 Å². The van der Waals surface area contributed by atoms with E-state index in [9.17, 15) is 18.0 Å². The summed E-state index contributed by atoms with van der Waals surface area (Å²) in [6.45, 7) is 0.212. The molecule has 2 N–H and O–H groups in total. The predicted octanol–water partition coefficient (Wildman–Crippen LogP) is 3.86. The molecule has 1 aromatic carbocycles. The number of halogens is 6. The molecule has 0 radical (unpaired) electrons. The number of guanidine groups is 1. The summed E-state index contributed by atoms with van der Waals surface area (Å²) in [7, 11) is 2.58. The smallest absolute Gasteiger partial charge is 0.350 e. The van der Waals surface area contributed by atoms with Crippen molar-refractivity contribution in [1.82, 2.24) is 15.5 Å². The molecule has 1 atom stereocenters. The molecule has 0 aliphatic carbocycles. The number of carbonyl (C=O) groups is 1. The summed E-state index contributed by atoms with van der Waals surface area (Å²) < 4.78 is 36.8. The molecule has 0 saturated carbocycles. The van der Waals surface area contributed by atoms with Crippen LogP contribution in [0.25, 0.3) is 0 Å². The maximum absolute atomic E-state index is 12.3. The van der Waals surface area contributed by atoms with Crippen LogP contribution in [-0.2, 0) is 4.79 Å². The van der Waals surface area contributed by atoms with Crippen LogP contribution in [0.1, 0.15) is 18.5 Å². The highest BCUT2D eigenvalue weighted by Gasteiger charge is 2.31. The van der Waals surface area contributed by atoms with Crippen LogP contribution >= 0.6 is 47.2 Å². The standard InChI is InChI=1S/C15H19Cl2F3N4O.HI/c1-9(10-4-5-11(16)12(17)6-10)23-14(21-2)22-7-13(25)24(3)8-15(18,19)20;/h4-6,9H,7-8H2,1-3H3,(H2,21,22,23);1H. The molecule has 148 valence electrons. The summed E-state index contributed by atoms with van der Waals surface area (Å²) in [5, 5.41) is 6.53. The van der Waals surface area contributed by atoms with Gasteiger partial charge in [-0.25, -0.2) is 0 Å². The Balaban J connectivity index is 0.00000625. The summed E-state index contributed by atoms with van der Waals surface area (Å²) in [5.41, 5.74) is 0.831. The third-order valence-electron chi connectivity index (χ3n) is 3.27. The fourth-order valence-corrected chi connectivity index (χ4v) is 2.22. The Morgan fingerprint density at radius 3 is 2.42 bits per heavy atom. The third kappa shape index (κ3) is 8.63. The summed E-state index contributed by atoms with van der Waals surface area (Å²) in [4.78, 5) is 16.3. The highest BCUT2D eigenvalue weighted by atomic mass is 127. The molecule has 0 aliphatic heterocycles. The van der Waals surface area contributed by atoms with Crippen molar-refractivity contribution in [2.24, 2.45) is 4.99 Å². The Kier molecular flexibility index (Phi) is 10.6. The molecule has 26 heavy (non-hydrogen) atoms. The van der Waals surface area contributed by atoms with E-state index >= 15 is 0 Å². The van der Waals surface area contributed by atoms with Crippen molar-refractivity contribution < 1.29 is 18.0 Å². The zero-order chi connectivity index (χ0) is 19.2. The molecular formula is C15H20Cl2F3IN4O. The van der Waals surface area contributed by atoms with Gasteiger partial charge in [0.05, 0.1) is 22.6 Å². The van der Waals surface area contributed by atoms with Crippen molar-refractivity contribution in [3.63, 3.8) is 0 Å². The maximum atomic E-state index is 12.3. The van der Waals surface area contributed by atoms with E-state index in [0.717, 1.165) is 12.6 Å². The molecule has 1 rings (SSSR count). The Morgan fingerprint density at radius 1 is 1.31 bits per heavy atom. The van der Waals surface area contributed by atoms with Crippen molar-refractivity contribution in [2.45, 2.75) is 19.1 Å². The van der Waals surface area contributed by atoms with Crippen molar-refractivity contribution >= 4 is 59.0 Å². The van der Waals surface area contributed by atoms with E-state index in [1.807, 2.05) is 6.92 Å². The molecule has 0 aromatic heterocycles. The highest BCUT2D eigenvalue weighted by molar-refractivity contribution is 14.0. The Labute approximate surface area is 177 Å². The molecule has 0 heterocycles. The van der Waals surface area contributed by atoms with Crippen molar-refractivity contribution in [3.8, 4) is 0 Å². The number of amides is 1.